The van der Waals surface area contributed by atoms with Gasteiger partial charge in [-0.2, -0.15) is 0 Å². The summed E-state index contributed by atoms with van der Waals surface area (Å²) in [6.45, 7) is 4.70. The van der Waals surface area contributed by atoms with Gasteiger partial charge in [-0.3, -0.25) is 4.79 Å². The van der Waals surface area contributed by atoms with E-state index in [1.54, 1.807) is 17.2 Å². The van der Waals surface area contributed by atoms with Crippen molar-refractivity contribution < 1.29 is 4.79 Å². The molecule has 0 N–H and O–H groups in total. The van der Waals surface area contributed by atoms with Crippen molar-refractivity contribution in [2.24, 2.45) is 5.41 Å². The average molecular weight is 225 g/mol. The molecule has 0 radical (unpaired) electrons. The third-order valence-electron chi connectivity index (χ3n) is 2.81. The summed E-state index contributed by atoms with van der Waals surface area (Å²) in [4.78, 5) is 17.7. The lowest BCUT2D eigenvalue weighted by atomic mass is 9.92. The Morgan fingerprint density at radius 1 is 1.53 bits per heavy atom. The van der Waals surface area contributed by atoms with Gasteiger partial charge in [-0.1, -0.05) is 25.4 Å². The van der Waals surface area contributed by atoms with E-state index in [2.05, 4.69) is 4.98 Å². The maximum Gasteiger partial charge on any atom is 0.232 e. The van der Waals surface area contributed by atoms with Gasteiger partial charge >= 0.3 is 0 Å². The summed E-state index contributed by atoms with van der Waals surface area (Å²) >= 11 is 5.79. The predicted octanol–water partition coefficient (Wildman–Crippen LogP) is 2.50. The molecule has 1 saturated heterocycles. The molecule has 1 amide bonds. The Bertz CT molecular complexity index is 403. The highest BCUT2D eigenvalue weighted by Gasteiger charge is 2.39. The minimum atomic E-state index is -0.254. The van der Waals surface area contributed by atoms with Crippen molar-refractivity contribution >= 4 is 23.2 Å². The highest BCUT2D eigenvalue weighted by Crippen LogP contribution is 2.34. The lowest BCUT2D eigenvalue weighted by molar-refractivity contribution is -0.123. The zero-order valence-electron chi connectivity index (χ0n) is 8.83. The van der Waals surface area contributed by atoms with Crippen molar-refractivity contribution in [1.29, 1.82) is 0 Å². The van der Waals surface area contributed by atoms with Crippen LogP contribution in [0.2, 0.25) is 5.15 Å². The lowest BCUT2D eigenvalue weighted by Gasteiger charge is -2.19. The molecule has 4 heteroatoms. The number of rotatable bonds is 1. The molecule has 1 aliphatic heterocycles. The Morgan fingerprint density at radius 3 is 2.80 bits per heavy atom. The van der Waals surface area contributed by atoms with Gasteiger partial charge < -0.3 is 4.90 Å². The fraction of sp³-hybridized carbons (Fsp3) is 0.455. The molecule has 2 heterocycles. The summed E-state index contributed by atoms with van der Waals surface area (Å²) < 4.78 is 0. The highest BCUT2D eigenvalue weighted by atomic mass is 35.5. The third kappa shape index (κ3) is 1.84. The molecular weight excluding hydrogens is 212 g/mol. The molecule has 0 aliphatic carbocycles. The Labute approximate surface area is 94.1 Å². The van der Waals surface area contributed by atoms with Crippen LogP contribution in [0.25, 0.3) is 0 Å². The number of pyridine rings is 1. The van der Waals surface area contributed by atoms with Gasteiger partial charge in [0.25, 0.3) is 0 Å². The summed E-state index contributed by atoms with van der Waals surface area (Å²) in [5.74, 6) is 0.157. The molecule has 0 bridgehead atoms. The summed E-state index contributed by atoms with van der Waals surface area (Å²) in [5.41, 5.74) is 0.584. The SMILES string of the molecule is CC1(C)CCN(c2ccnc(Cl)c2)C1=O. The van der Waals surface area contributed by atoms with E-state index in [4.69, 9.17) is 11.6 Å². The van der Waals surface area contributed by atoms with Crippen molar-refractivity contribution in [3.63, 3.8) is 0 Å². The van der Waals surface area contributed by atoms with Crippen LogP contribution in [0.5, 0.6) is 0 Å². The van der Waals surface area contributed by atoms with Crippen LogP contribution in [-0.2, 0) is 4.79 Å². The molecule has 0 unspecified atom stereocenters. The zero-order valence-corrected chi connectivity index (χ0v) is 9.58. The van der Waals surface area contributed by atoms with Crippen molar-refractivity contribution in [2.45, 2.75) is 20.3 Å². The van der Waals surface area contributed by atoms with Crippen LogP contribution < -0.4 is 4.90 Å². The summed E-state index contributed by atoms with van der Waals surface area (Å²) in [6.07, 6.45) is 2.50. The second-order valence-corrected chi connectivity index (χ2v) is 4.81. The van der Waals surface area contributed by atoms with Crippen LogP contribution >= 0.6 is 11.6 Å². The van der Waals surface area contributed by atoms with E-state index >= 15 is 0 Å². The number of aromatic nitrogens is 1. The largest absolute Gasteiger partial charge is 0.312 e. The number of carbonyl (C=O) groups is 1. The smallest absolute Gasteiger partial charge is 0.232 e. The fourth-order valence-electron chi connectivity index (χ4n) is 1.77. The van der Waals surface area contributed by atoms with Gasteiger partial charge in [-0.05, 0) is 18.6 Å². The molecule has 0 atom stereocenters. The van der Waals surface area contributed by atoms with Gasteiger partial charge in [-0.25, -0.2) is 4.98 Å². The van der Waals surface area contributed by atoms with Crippen LogP contribution in [-0.4, -0.2) is 17.4 Å². The van der Waals surface area contributed by atoms with Crippen molar-refractivity contribution in [2.75, 3.05) is 11.4 Å². The monoisotopic (exact) mass is 224 g/mol. The average Bonchev–Trinajstić information content (AvgIpc) is 2.42. The third-order valence-corrected chi connectivity index (χ3v) is 3.01. The van der Waals surface area contributed by atoms with Gasteiger partial charge in [0, 0.05) is 23.8 Å². The topological polar surface area (TPSA) is 33.2 Å². The molecule has 1 aliphatic rings. The standard InChI is InChI=1S/C11H13ClN2O/c1-11(2)4-6-14(10(11)15)8-3-5-13-9(12)7-8/h3,5,7H,4,6H2,1-2H3. The van der Waals surface area contributed by atoms with Gasteiger partial charge in [0.15, 0.2) is 0 Å². The Balaban J connectivity index is 2.31. The Hall–Kier alpha value is -1.09. The molecule has 15 heavy (non-hydrogen) atoms. The molecule has 3 nitrogen and oxygen atoms in total. The summed E-state index contributed by atoms with van der Waals surface area (Å²) in [6, 6.07) is 3.53. The van der Waals surface area contributed by atoms with Crippen molar-refractivity contribution in [1.82, 2.24) is 4.98 Å². The van der Waals surface area contributed by atoms with E-state index in [9.17, 15) is 4.79 Å². The number of anilines is 1. The van der Waals surface area contributed by atoms with Crippen molar-refractivity contribution in [3.05, 3.63) is 23.5 Å². The Morgan fingerprint density at radius 2 is 2.27 bits per heavy atom. The van der Waals surface area contributed by atoms with E-state index in [1.807, 2.05) is 19.9 Å². The van der Waals surface area contributed by atoms with E-state index in [0.717, 1.165) is 18.7 Å². The number of hydrogen-bond donors (Lipinski definition) is 0. The normalized spacial score (nSPS) is 19.7. The predicted molar refractivity (Wildman–Crippen MR) is 60.0 cm³/mol. The molecule has 1 aromatic rings. The molecule has 1 aromatic heterocycles. The maximum atomic E-state index is 12.0. The second kappa shape index (κ2) is 3.49. The van der Waals surface area contributed by atoms with Gasteiger partial charge in [-0.15, -0.1) is 0 Å². The number of amides is 1. The lowest BCUT2D eigenvalue weighted by Crippen LogP contribution is -2.30. The maximum absolute atomic E-state index is 12.0. The first kappa shape index (κ1) is 10.4. The summed E-state index contributed by atoms with van der Waals surface area (Å²) in [7, 11) is 0. The molecule has 0 saturated carbocycles. The first-order chi connectivity index (χ1) is 7.00. The summed E-state index contributed by atoms with van der Waals surface area (Å²) in [5, 5.41) is 0.421. The number of nitrogens with zero attached hydrogens (tertiary/aromatic N) is 2. The van der Waals surface area contributed by atoms with E-state index in [1.165, 1.54) is 0 Å². The van der Waals surface area contributed by atoms with Gasteiger partial charge in [0.1, 0.15) is 5.15 Å². The molecule has 0 aromatic carbocycles. The Kier molecular flexibility index (Phi) is 2.43. The first-order valence-corrected chi connectivity index (χ1v) is 5.32. The minimum absolute atomic E-state index is 0.157. The van der Waals surface area contributed by atoms with Crippen LogP contribution in [0, 0.1) is 5.41 Å². The number of carbonyl (C=O) groups excluding carboxylic acids is 1. The quantitative estimate of drug-likeness (QED) is 0.687. The second-order valence-electron chi connectivity index (χ2n) is 4.43. The number of hydrogen-bond acceptors (Lipinski definition) is 2. The van der Waals surface area contributed by atoms with E-state index in [0.29, 0.717) is 5.15 Å². The molecular formula is C11H13ClN2O. The van der Waals surface area contributed by atoms with Gasteiger partial charge in [0.2, 0.25) is 5.91 Å². The minimum Gasteiger partial charge on any atom is -0.312 e. The molecule has 2 rings (SSSR count). The van der Waals surface area contributed by atoms with Crippen molar-refractivity contribution in [3.8, 4) is 0 Å². The van der Waals surface area contributed by atoms with Crippen LogP contribution in [0.15, 0.2) is 18.3 Å². The van der Waals surface area contributed by atoms with Crippen LogP contribution in [0.4, 0.5) is 5.69 Å². The van der Waals surface area contributed by atoms with Crippen LogP contribution in [0.3, 0.4) is 0 Å². The molecule has 0 spiro atoms. The highest BCUT2D eigenvalue weighted by molar-refractivity contribution is 6.29. The first-order valence-electron chi connectivity index (χ1n) is 4.94. The van der Waals surface area contributed by atoms with E-state index in [-0.39, 0.29) is 11.3 Å². The molecule has 80 valence electrons. The fourth-order valence-corrected chi connectivity index (χ4v) is 1.94. The molecule has 1 fully saturated rings. The van der Waals surface area contributed by atoms with E-state index < -0.39 is 0 Å². The van der Waals surface area contributed by atoms with Gasteiger partial charge in [0.05, 0.1) is 0 Å². The van der Waals surface area contributed by atoms with Crippen LogP contribution in [0.1, 0.15) is 20.3 Å². The zero-order chi connectivity index (χ0) is 11.1. The number of halogens is 1.